The summed E-state index contributed by atoms with van der Waals surface area (Å²) in [4.78, 5) is 23.5. The Morgan fingerprint density at radius 3 is 2.39 bits per heavy atom. The topological polar surface area (TPSA) is 67.4 Å². The van der Waals surface area contributed by atoms with Crippen molar-refractivity contribution in [3.63, 3.8) is 0 Å². The van der Waals surface area contributed by atoms with E-state index in [0.717, 1.165) is 11.3 Å². The van der Waals surface area contributed by atoms with Crippen LogP contribution >= 0.6 is 0 Å². The van der Waals surface area contributed by atoms with Crippen LogP contribution in [0.2, 0.25) is 0 Å². The number of para-hydroxylation sites is 2. The number of benzene rings is 2. The van der Waals surface area contributed by atoms with E-state index in [4.69, 9.17) is 4.74 Å². The molecule has 120 valence electrons. The number of nitrogens with one attached hydrogen (secondary N) is 2. The third-order valence-electron chi connectivity index (χ3n) is 3.29. The Kier molecular flexibility index (Phi) is 6.17. The second-order valence-electron chi connectivity index (χ2n) is 5.00. The van der Waals surface area contributed by atoms with Crippen LogP contribution in [0.3, 0.4) is 0 Å². The average molecular weight is 312 g/mol. The fraction of sp³-hybridized carbons (Fsp3) is 0.222. The van der Waals surface area contributed by atoms with E-state index in [9.17, 15) is 9.59 Å². The van der Waals surface area contributed by atoms with E-state index >= 15 is 0 Å². The number of rotatable bonds is 7. The Morgan fingerprint density at radius 2 is 1.65 bits per heavy atom. The molecule has 0 radical (unpaired) electrons. The first kappa shape index (κ1) is 16.5. The second kappa shape index (κ2) is 8.58. The maximum atomic E-state index is 11.8. The minimum absolute atomic E-state index is 0.194. The van der Waals surface area contributed by atoms with E-state index in [0.29, 0.717) is 18.7 Å². The van der Waals surface area contributed by atoms with Gasteiger partial charge in [-0.15, -0.1) is 0 Å². The van der Waals surface area contributed by atoms with E-state index in [1.54, 1.807) is 19.2 Å². The number of methoxy groups -OCH3 is 1. The van der Waals surface area contributed by atoms with Crippen molar-refractivity contribution >= 4 is 17.5 Å². The molecule has 0 saturated heterocycles. The fourth-order valence-electron chi connectivity index (χ4n) is 2.18. The van der Waals surface area contributed by atoms with Crippen LogP contribution in [0.1, 0.15) is 12.0 Å². The Balaban J connectivity index is 1.73. The van der Waals surface area contributed by atoms with Crippen LogP contribution in [0.5, 0.6) is 5.75 Å². The molecule has 2 amide bonds. The number of amides is 2. The molecule has 0 unspecified atom stereocenters. The molecule has 0 aliphatic rings. The van der Waals surface area contributed by atoms with Crippen LogP contribution in [0, 0.1) is 0 Å². The van der Waals surface area contributed by atoms with E-state index in [2.05, 4.69) is 10.6 Å². The molecule has 0 heterocycles. The zero-order valence-electron chi connectivity index (χ0n) is 13.0. The van der Waals surface area contributed by atoms with Gasteiger partial charge in [-0.3, -0.25) is 9.59 Å². The number of carbonyl (C=O) groups is 2. The Hall–Kier alpha value is -2.82. The molecular weight excluding hydrogens is 292 g/mol. The zero-order chi connectivity index (χ0) is 16.5. The summed E-state index contributed by atoms with van der Waals surface area (Å²) in [6.07, 6.45) is 0.455. The lowest BCUT2D eigenvalue weighted by molar-refractivity contribution is -0.126. The largest absolute Gasteiger partial charge is 0.496 e. The van der Waals surface area contributed by atoms with Crippen molar-refractivity contribution in [2.24, 2.45) is 0 Å². The molecule has 0 bridgehead atoms. The van der Waals surface area contributed by atoms with Crippen molar-refractivity contribution in [1.82, 2.24) is 5.32 Å². The van der Waals surface area contributed by atoms with Crippen molar-refractivity contribution in [2.45, 2.75) is 12.8 Å². The third kappa shape index (κ3) is 5.47. The molecule has 2 aromatic rings. The number of carbonyl (C=O) groups excluding carboxylic acids is 2. The summed E-state index contributed by atoms with van der Waals surface area (Å²) in [6, 6.07) is 16.7. The van der Waals surface area contributed by atoms with Crippen LogP contribution < -0.4 is 15.4 Å². The van der Waals surface area contributed by atoms with Gasteiger partial charge in [-0.25, -0.2) is 0 Å². The van der Waals surface area contributed by atoms with E-state index < -0.39 is 0 Å². The molecule has 0 atom stereocenters. The van der Waals surface area contributed by atoms with E-state index in [1.807, 2.05) is 42.5 Å². The predicted molar refractivity (Wildman–Crippen MR) is 89.4 cm³/mol. The standard InChI is InChI=1S/C18H20N2O3/c1-23-16-10-6-5-7-14(16)11-12-19-17(21)13-18(22)20-15-8-3-2-4-9-15/h2-10H,11-13H2,1H3,(H,19,21)(H,20,22). The van der Waals surface area contributed by atoms with Crippen molar-refractivity contribution < 1.29 is 14.3 Å². The minimum atomic E-state index is -0.328. The van der Waals surface area contributed by atoms with Crippen molar-refractivity contribution in [1.29, 1.82) is 0 Å². The summed E-state index contributed by atoms with van der Waals surface area (Å²) in [6.45, 7) is 0.456. The molecule has 0 aliphatic carbocycles. The van der Waals surface area contributed by atoms with Crippen LogP contribution in [0.25, 0.3) is 0 Å². The van der Waals surface area contributed by atoms with Crippen molar-refractivity contribution in [3.05, 3.63) is 60.2 Å². The molecule has 5 heteroatoms. The first-order valence-electron chi connectivity index (χ1n) is 7.42. The van der Waals surface area contributed by atoms with Crippen molar-refractivity contribution in [3.8, 4) is 5.75 Å². The van der Waals surface area contributed by atoms with Gasteiger partial charge in [0.15, 0.2) is 0 Å². The lowest BCUT2D eigenvalue weighted by atomic mass is 10.1. The van der Waals surface area contributed by atoms with Gasteiger partial charge < -0.3 is 15.4 Å². The fourth-order valence-corrected chi connectivity index (χ4v) is 2.18. The Bertz CT molecular complexity index is 656. The molecule has 0 aliphatic heterocycles. The summed E-state index contributed by atoms with van der Waals surface area (Å²) in [5.41, 5.74) is 1.70. The van der Waals surface area contributed by atoms with Gasteiger partial charge in [-0.1, -0.05) is 36.4 Å². The zero-order valence-corrected chi connectivity index (χ0v) is 13.0. The molecule has 5 nitrogen and oxygen atoms in total. The molecule has 2 rings (SSSR count). The highest BCUT2D eigenvalue weighted by atomic mass is 16.5. The van der Waals surface area contributed by atoms with Gasteiger partial charge in [0.1, 0.15) is 12.2 Å². The molecular formula is C18H20N2O3. The summed E-state index contributed by atoms with van der Waals surface area (Å²) >= 11 is 0. The van der Waals surface area contributed by atoms with Crippen LogP contribution in [0.15, 0.2) is 54.6 Å². The van der Waals surface area contributed by atoms with Gasteiger partial charge in [0.25, 0.3) is 0 Å². The SMILES string of the molecule is COc1ccccc1CCNC(=O)CC(=O)Nc1ccccc1. The first-order valence-corrected chi connectivity index (χ1v) is 7.42. The van der Waals surface area contributed by atoms with Gasteiger partial charge in [-0.05, 0) is 30.2 Å². The maximum absolute atomic E-state index is 11.8. The maximum Gasteiger partial charge on any atom is 0.233 e. The summed E-state index contributed by atoms with van der Waals surface area (Å²) in [5.74, 6) is 0.169. The van der Waals surface area contributed by atoms with Crippen LogP contribution in [-0.2, 0) is 16.0 Å². The normalized spacial score (nSPS) is 9.96. The van der Waals surface area contributed by atoms with Gasteiger partial charge in [0, 0.05) is 12.2 Å². The number of ether oxygens (including phenoxy) is 1. The first-order chi connectivity index (χ1) is 11.2. The summed E-state index contributed by atoms with van der Waals surface area (Å²) in [5, 5.41) is 5.42. The van der Waals surface area contributed by atoms with Crippen LogP contribution in [0.4, 0.5) is 5.69 Å². The summed E-state index contributed by atoms with van der Waals surface area (Å²) in [7, 11) is 1.62. The molecule has 0 aromatic heterocycles. The number of hydrogen-bond acceptors (Lipinski definition) is 3. The van der Waals surface area contributed by atoms with Crippen molar-refractivity contribution in [2.75, 3.05) is 19.0 Å². The van der Waals surface area contributed by atoms with E-state index in [1.165, 1.54) is 0 Å². The lowest BCUT2D eigenvalue weighted by Gasteiger charge is -2.09. The third-order valence-corrected chi connectivity index (χ3v) is 3.29. The summed E-state index contributed by atoms with van der Waals surface area (Å²) < 4.78 is 5.26. The molecule has 23 heavy (non-hydrogen) atoms. The van der Waals surface area contributed by atoms with Gasteiger partial charge in [0.2, 0.25) is 11.8 Å². The van der Waals surface area contributed by atoms with Gasteiger partial charge in [-0.2, -0.15) is 0 Å². The predicted octanol–water partition coefficient (Wildman–Crippen LogP) is 2.38. The molecule has 0 saturated carbocycles. The van der Waals surface area contributed by atoms with Crippen LogP contribution in [-0.4, -0.2) is 25.5 Å². The minimum Gasteiger partial charge on any atom is -0.496 e. The average Bonchev–Trinajstić information content (AvgIpc) is 2.56. The molecule has 2 aromatic carbocycles. The molecule has 2 N–H and O–H groups in total. The molecule has 0 fully saturated rings. The van der Waals surface area contributed by atoms with Gasteiger partial charge >= 0.3 is 0 Å². The Labute approximate surface area is 135 Å². The highest BCUT2D eigenvalue weighted by Crippen LogP contribution is 2.17. The highest BCUT2D eigenvalue weighted by Gasteiger charge is 2.09. The molecule has 0 spiro atoms. The smallest absolute Gasteiger partial charge is 0.233 e. The second-order valence-corrected chi connectivity index (χ2v) is 5.00. The highest BCUT2D eigenvalue weighted by molar-refractivity contribution is 6.03. The van der Waals surface area contributed by atoms with Gasteiger partial charge in [0.05, 0.1) is 7.11 Å². The monoisotopic (exact) mass is 312 g/mol. The lowest BCUT2D eigenvalue weighted by Crippen LogP contribution is -2.29. The van der Waals surface area contributed by atoms with E-state index in [-0.39, 0.29) is 18.2 Å². The quantitative estimate of drug-likeness (QED) is 0.771. The number of hydrogen-bond donors (Lipinski definition) is 2. The number of anilines is 1. The Morgan fingerprint density at radius 1 is 0.957 bits per heavy atom.